The molecule has 2 aromatic heterocycles. The number of ether oxygens (including phenoxy) is 1. The van der Waals surface area contributed by atoms with Crippen molar-refractivity contribution < 1.29 is 19.1 Å². The zero-order valence-electron chi connectivity index (χ0n) is 15.7. The van der Waals surface area contributed by atoms with Crippen molar-refractivity contribution in [2.75, 3.05) is 26.4 Å². The van der Waals surface area contributed by atoms with E-state index >= 15 is 0 Å². The van der Waals surface area contributed by atoms with Gasteiger partial charge in [0, 0.05) is 35.4 Å². The molecule has 1 saturated heterocycles. The second kappa shape index (κ2) is 8.82. The van der Waals surface area contributed by atoms with Gasteiger partial charge in [-0.25, -0.2) is 4.79 Å². The van der Waals surface area contributed by atoms with Crippen LogP contribution < -0.4 is 5.63 Å². The van der Waals surface area contributed by atoms with Gasteiger partial charge in [0.1, 0.15) is 11.3 Å². The smallest absolute Gasteiger partial charge is 0.349 e. The van der Waals surface area contributed by atoms with Crippen LogP contribution in [0.3, 0.4) is 0 Å². The lowest BCUT2D eigenvalue weighted by atomic mass is 9.95. The number of thiophene rings is 1. The fraction of sp³-hybridized carbons (Fsp3) is 0.500. The van der Waals surface area contributed by atoms with Crippen molar-refractivity contribution in [3.8, 4) is 0 Å². The van der Waals surface area contributed by atoms with E-state index in [0.717, 1.165) is 22.6 Å². The summed E-state index contributed by atoms with van der Waals surface area (Å²) in [5.41, 5.74) is 0.0578. The molecule has 146 valence electrons. The first-order chi connectivity index (χ1) is 13.0. The average Bonchev–Trinajstić information content (AvgIpc) is 3.06. The first-order valence-electron chi connectivity index (χ1n) is 9.17. The van der Waals surface area contributed by atoms with Crippen LogP contribution in [-0.2, 0) is 11.3 Å². The third kappa shape index (κ3) is 4.66. The molecule has 0 aromatic carbocycles. The van der Waals surface area contributed by atoms with Gasteiger partial charge in [-0.2, -0.15) is 0 Å². The fourth-order valence-corrected chi connectivity index (χ4v) is 4.27. The Hall–Kier alpha value is -1.96. The highest BCUT2D eigenvalue weighted by molar-refractivity contribution is 7.11. The van der Waals surface area contributed by atoms with E-state index in [1.807, 2.05) is 19.1 Å². The highest BCUT2D eigenvalue weighted by Crippen LogP contribution is 2.27. The van der Waals surface area contributed by atoms with Crippen molar-refractivity contribution >= 4 is 17.2 Å². The first-order valence-corrected chi connectivity index (χ1v) is 9.99. The van der Waals surface area contributed by atoms with E-state index in [2.05, 4.69) is 0 Å². The molecular formula is C20H25NO5S. The largest absolute Gasteiger partial charge is 0.427 e. The van der Waals surface area contributed by atoms with Crippen molar-refractivity contribution in [3.63, 3.8) is 0 Å². The summed E-state index contributed by atoms with van der Waals surface area (Å²) >= 11 is 1.60. The van der Waals surface area contributed by atoms with Gasteiger partial charge in [-0.15, -0.1) is 11.3 Å². The minimum Gasteiger partial charge on any atom is -0.427 e. The molecule has 6 nitrogen and oxygen atoms in total. The Balaban J connectivity index is 1.86. The maximum absolute atomic E-state index is 13.0. The van der Waals surface area contributed by atoms with Crippen molar-refractivity contribution in [3.05, 3.63) is 55.3 Å². The highest BCUT2D eigenvalue weighted by atomic mass is 32.1. The van der Waals surface area contributed by atoms with Crippen LogP contribution in [0, 0.1) is 13.8 Å². The second-order valence-corrected chi connectivity index (χ2v) is 8.22. The summed E-state index contributed by atoms with van der Waals surface area (Å²) in [5.74, 6) is 0.372. The van der Waals surface area contributed by atoms with E-state index in [-0.39, 0.29) is 24.6 Å². The zero-order valence-corrected chi connectivity index (χ0v) is 16.5. The number of hydrogen-bond donors (Lipinski definition) is 1. The number of carbonyl (C=O) groups is 1. The van der Waals surface area contributed by atoms with Gasteiger partial charge in [0.2, 0.25) is 0 Å². The van der Waals surface area contributed by atoms with Crippen LogP contribution in [0.4, 0.5) is 0 Å². The molecule has 0 spiro atoms. The SMILES string of the molecule is Cc1ccc(CN(CCO)C(=O)c2c(C)cc(C3CCOCC3)oc2=O)s1. The Morgan fingerprint density at radius 3 is 2.63 bits per heavy atom. The van der Waals surface area contributed by atoms with Crippen molar-refractivity contribution in [1.29, 1.82) is 0 Å². The van der Waals surface area contributed by atoms with Crippen LogP contribution in [0.25, 0.3) is 0 Å². The predicted octanol–water partition coefficient (Wildman–Crippen LogP) is 2.85. The number of amides is 1. The van der Waals surface area contributed by atoms with Gasteiger partial charge in [0.25, 0.3) is 5.91 Å². The molecule has 27 heavy (non-hydrogen) atoms. The van der Waals surface area contributed by atoms with E-state index in [1.54, 1.807) is 24.3 Å². The van der Waals surface area contributed by atoms with Crippen LogP contribution in [0.5, 0.6) is 0 Å². The first kappa shape index (κ1) is 19.8. The third-order valence-corrected chi connectivity index (χ3v) is 5.79. The summed E-state index contributed by atoms with van der Waals surface area (Å²) in [4.78, 5) is 29.3. The zero-order chi connectivity index (χ0) is 19.4. The molecule has 3 rings (SSSR count). The van der Waals surface area contributed by atoms with Gasteiger partial charge in [-0.3, -0.25) is 4.79 Å². The van der Waals surface area contributed by atoms with Gasteiger partial charge >= 0.3 is 5.63 Å². The van der Waals surface area contributed by atoms with Gasteiger partial charge in [0.15, 0.2) is 0 Å². The standard InChI is InChI=1S/C20H25NO5S/c1-13-11-17(15-5-9-25-10-6-15)26-20(24)18(13)19(23)21(7-8-22)12-16-4-3-14(2)27-16/h3-4,11,15,22H,5-10,12H2,1-2H3. The molecule has 1 aliphatic heterocycles. The number of rotatable bonds is 6. The fourth-order valence-electron chi connectivity index (χ4n) is 3.36. The Bertz CT molecular complexity index is 850. The number of aliphatic hydroxyl groups excluding tert-OH is 1. The summed E-state index contributed by atoms with van der Waals surface area (Å²) in [6, 6.07) is 5.75. The molecule has 1 amide bonds. The van der Waals surface area contributed by atoms with E-state index in [9.17, 15) is 14.7 Å². The normalized spacial score (nSPS) is 15.1. The van der Waals surface area contributed by atoms with Crippen LogP contribution in [0.2, 0.25) is 0 Å². The van der Waals surface area contributed by atoms with Crippen molar-refractivity contribution in [1.82, 2.24) is 4.90 Å². The van der Waals surface area contributed by atoms with Gasteiger partial charge in [0.05, 0.1) is 13.2 Å². The van der Waals surface area contributed by atoms with Crippen molar-refractivity contribution in [2.24, 2.45) is 0 Å². The summed E-state index contributed by atoms with van der Waals surface area (Å²) in [5, 5.41) is 9.36. The number of carbonyl (C=O) groups excluding carboxylic acids is 1. The molecule has 0 bridgehead atoms. The molecule has 3 heterocycles. The summed E-state index contributed by atoms with van der Waals surface area (Å²) in [7, 11) is 0. The van der Waals surface area contributed by atoms with Crippen LogP contribution in [0.1, 0.15) is 50.2 Å². The molecule has 0 saturated carbocycles. The highest BCUT2D eigenvalue weighted by Gasteiger charge is 2.26. The molecule has 7 heteroatoms. The summed E-state index contributed by atoms with van der Waals surface area (Å²) < 4.78 is 10.9. The lowest BCUT2D eigenvalue weighted by Crippen LogP contribution is -2.36. The van der Waals surface area contributed by atoms with E-state index in [0.29, 0.717) is 31.1 Å². The van der Waals surface area contributed by atoms with E-state index in [4.69, 9.17) is 9.15 Å². The summed E-state index contributed by atoms with van der Waals surface area (Å²) in [6.45, 7) is 5.42. The van der Waals surface area contributed by atoms with E-state index < -0.39 is 11.5 Å². The quantitative estimate of drug-likeness (QED) is 0.819. The van der Waals surface area contributed by atoms with Gasteiger partial charge in [-0.1, -0.05) is 0 Å². The van der Waals surface area contributed by atoms with Gasteiger partial charge in [-0.05, 0) is 50.5 Å². The van der Waals surface area contributed by atoms with Crippen LogP contribution >= 0.6 is 11.3 Å². The lowest BCUT2D eigenvalue weighted by Gasteiger charge is -2.23. The predicted molar refractivity (Wildman–Crippen MR) is 103 cm³/mol. The molecule has 2 aromatic rings. The molecule has 0 unspecified atom stereocenters. The molecule has 1 N–H and O–H groups in total. The molecular weight excluding hydrogens is 366 g/mol. The molecule has 0 atom stereocenters. The number of hydrogen-bond acceptors (Lipinski definition) is 6. The van der Waals surface area contributed by atoms with Crippen LogP contribution in [-0.4, -0.2) is 42.3 Å². The molecule has 0 radical (unpaired) electrons. The minimum absolute atomic E-state index is 0.0486. The maximum Gasteiger partial charge on any atom is 0.349 e. The molecule has 0 aliphatic carbocycles. The number of nitrogens with zero attached hydrogens (tertiary/aromatic N) is 1. The topological polar surface area (TPSA) is 80.0 Å². The number of aliphatic hydroxyl groups is 1. The summed E-state index contributed by atoms with van der Waals surface area (Å²) in [6.07, 6.45) is 1.62. The third-order valence-electron chi connectivity index (χ3n) is 4.81. The van der Waals surface area contributed by atoms with Crippen molar-refractivity contribution in [2.45, 2.75) is 39.2 Å². The monoisotopic (exact) mass is 391 g/mol. The van der Waals surface area contributed by atoms with Crippen LogP contribution in [0.15, 0.2) is 27.4 Å². The molecule has 1 aliphatic rings. The number of aryl methyl sites for hydroxylation is 2. The Morgan fingerprint density at radius 1 is 1.30 bits per heavy atom. The average molecular weight is 391 g/mol. The second-order valence-electron chi connectivity index (χ2n) is 6.84. The van der Waals surface area contributed by atoms with Gasteiger partial charge < -0.3 is 19.2 Å². The Kier molecular flexibility index (Phi) is 6.46. The Morgan fingerprint density at radius 2 is 2.04 bits per heavy atom. The van der Waals surface area contributed by atoms with E-state index in [1.165, 1.54) is 4.90 Å². The maximum atomic E-state index is 13.0. The Labute approximate surface area is 162 Å². The molecule has 1 fully saturated rings. The lowest BCUT2D eigenvalue weighted by molar-refractivity contribution is 0.0698. The minimum atomic E-state index is -0.605.